The Labute approximate surface area is 238 Å². The number of carboxylic acid groups (broad SMARTS) is 1. The first kappa shape index (κ1) is 31.8. The van der Waals surface area contributed by atoms with Crippen molar-refractivity contribution in [1.82, 2.24) is 15.5 Å². The molecule has 1 fully saturated rings. The minimum absolute atomic E-state index is 0.00482. The maximum absolute atomic E-state index is 13.6. The fourth-order valence-electron chi connectivity index (χ4n) is 4.92. The van der Waals surface area contributed by atoms with Crippen LogP contribution in [-0.2, 0) is 36.6 Å². The second-order valence-corrected chi connectivity index (χ2v) is 11.2. The van der Waals surface area contributed by atoms with Gasteiger partial charge in [0.2, 0.25) is 17.7 Å². The fraction of sp³-hybridized carbons (Fsp3) is 0.429. The van der Waals surface area contributed by atoms with Crippen LogP contribution in [-0.4, -0.2) is 68.2 Å². The predicted molar refractivity (Wildman–Crippen MR) is 149 cm³/mol. The van der Waals surface area contributed by atoms with E-state index in [-0.39, 0.29) is 37.0 Å². The SMILES string of the molecule is CC(=O)N[C@@H](Cc1ccc(OP(=O)(O)O)cc1)C(=O)N[C@@H](CCC(=O)O)C(=O)N1CCC[C@@H]1CCc1ccccc1. The predicted octanol–water partition coefficient (Wildman–Crippen LogP) is 2.18. The topological polar surface area (TPSA) is 183 Å². The highest BCUT2D eigenvalue weighted by Crippen LogP contribution is 2.37. The van der Waals surface area contributed by atoms with Gasteiger partial charge in [-0.15, -0.1) is 0 Å². The molecule has 3 rings (SSSR count). The number of carbonyl (C=O) groups excluding carboxylic acids is 3. The zero-order valence-corrected chi connectivity index (χ0v) is 23.7. The quantitative estimate of drug-likeness (QED) is 0.206. The second-order valence-electron chi connectivity index (χ2n) is 10.0. The van der Waals surface area contributed by atoms with Gasteiger partial charge in [-0.25, -0.2) is 4.57 Å². The Hall–Kier alpha value is -3.73. The van der Waals surface area contributed by atoms with Gasteiger partial charge in [-0.2, -0.15) is 0 Å². The van der Waals surface area contributed by atoms with Crippen LogP contribution in [0.4, 0.5) is 0 Å². The molecule has 1 aliphatic rings. The number of carbonyl (C=O) groups is 4. The summed E-state index contributed by atoms with van der Waals surface area (Å²) in [6, 6.07) is 13.3. The minimum atomic E-state index is -4.74. The van der Waals surface area contributed by atoms with Gasteiger partial charge < -0.3 is 25.2 Å². The molecule has 0 bridgehead atoms. The maximum atomic E-state index is 13.6. The van der Waals surface area contributed by atoms with E-state index in [1.807, 2.05) is 30.3 Å². The van der Waals surface area contributed by atoms with Crippen molar-refractivity contribution in [2.45, 2.75) is 70.0 Å². The van der Waals surface area contributed by atoms with Crippen molar-refractivity contribution in [3.05, 3.63) is 65.7 Å². The summed E-state index contributed by atoms with van der Waals surface area (Å²) in [6.07, 6.45) is 2.71. The number of hydrogen-bond acceptors (Lipinski definition) is 6. The number of hydrogen-bond donors (Lipinski definition) is 5. The molecule has 5 N–H and O–H groups in total. The number of nitrogens with zero attached hydrogens (tertiary/aromatic N) is 1. The van der Waals surface area contributed by atoms with Gasteiger partial charge in [0.05, 0.1) is 0 Å². The van der Waals surface area contributed by atoms with Crippen LogP contribution in [0.3, 0.4) is 0 Å². The molecule has 13 heteroatoms. The zero-order valence-electron chi connectivity index (χ0n) is 22.8. The molecule has 222 valence electrons. The lowest BCUT2D eigenvalue weighted by Crippen LogP contribution is -2.55. The van der Waals surface area contributed by atoms with E-state index < -0.39 is 37.7 Å². The van der Waals surface area contributed by atoms with Gasteiger partial charge in [0.1, 0.15) is 17.8 Å². The lowest BCUT2D eigenvalue weighted by Gasteiger charge is -2.30. The van der Waals surface area contributed by atoms with Gasteiger partial charge in [0, 0.05) is 32.4 Å². The molecule has 1 heterocycles. The third kappa shape index (κ3) is 10.6. The van der Waals surface area contributed by atoms with Crippen LogP contribution in [0.25, 0.3) is 0 Å². The second kappa shape index (κ2) is 14.8. The first-order valence-electron chi connectivity index (χ1n) is 13.4. The van der Waals surface area contributed by atoms with Crippen LogP contribution < -0.4 is 15.2 Å². The lowest BCUT2D eigenvalue weighted by atomic mass is 10.0. The van der Waals surface area contributed by atoms with E-state index in [1.54, 1.807) is 4.90 Å². The van der Waals surface area contributed by atoms with E-state index in [9.17, 15) is 28.8 Å². The van der Waals surface area contributed by atoms with Crippen LogP contribution in [0.5, 0.6) is 5.75 Å². The summed E-state index contributed by atoms with van der Waals surface area (Å²) in [5.41, 5.74) is 1.70. The number of likely N-dealkylation sites (tertiary alicyclic amines) is 1. The van der Waals surface area contributed by atoms with Crippen molar-refractivity contribution < 1.29 is 43.2 Å². The van der Waals surface area contributed by atoms with E-state index >= 15 is 0 Å². The van der Waals surface area contributed by atoms with Crippen LogP contribution in [0.1, 0.15) is 50.2 Å². The average molecular weight is 590 g/mol. The zero-order chi connectivity index (χ0) is 30.0. The largest absolute Gasteiger partial charge is 0.524 e. The molecule has 0 unspecified atom stereocenters. The Bertz CT molecular complexity index is 1250. The molecular formula is C28H36N3O9P. The summed E-state index contributed by atoms with van der Waals surface area (Å²) >= 11 is 0. The molecule has 1 aliphatic heterocycles. The standard InChI is InChI=1S/C28H36N3O9P/c1-19(32)29-25(18-21-10-13-23(14-11-21)40-41(37,38)39)27(35)30-24(15-16-26(33)34)28(36)31-17-5-8-22(31)12-9-20-6-3-2-4-7-20/h2-4,6-7,10-11,13-14,22,24-25H,5,8-9,12,15-18H2,1H3,(H,29,32)(H,30,35)(H,33,34)(H2,37,38,39)/t22-,24+,25+/m1/s1. The van der Waals surface area contributed by atoms with Gasteiger partial charge in [0.15, 0.2) is 0 Å². The van der Waals surface area contributed by atoms with E-state index in [1.165, 1.54) is 31.2 Å². The Morgan fingerprint density at radius 1 is 1.00 bits per heavy atom. The number of phosphoric acid groups is 1. The Kier molecular flexibility index (Phi) is 11.5. The third-order valence-corrected chi connectivity index (χ3v) is 7.26. The smallest absolute Gasteiger partial charge is 0.481 e. The molecule has 1 saturated heterocycles. The first-order valence-corrected chi connectivity index (χ1v) is 14.9. The van der Waals surface area contributed by atoms with Gasteiger partial charge in [-0.3, -0.25) is 29.0 Å². The van der Waals surface area contributed by atoms with Gasteiger partial charge in [0.25, 0.3) is 0 Å². The summed E-state index contributed by atoms with van der Waals surface area (Å²) < 4.78 is 15.6. The molecular weight excluding hydrogens is 553 g/mol. The molecule has 2 aromatic carbocycles. The maximum Gasteiger partial charge on any atom is 0.524 e. The minimum Gasteiger partial charge on any atom is -0.481 e. The Morgan fingerprint density at radius 2 is 1.68 bits per heavy atom. The van der Waals surface area contributed by atoms with Crippen molar-refractivity contribution >= 4 is 31.5 Å². The van der Waals surface area contributed by atoms with Crippen LogP contribution >= 0.6 is 7.82 Å². The average Bonchev–Trinajstić information content (AvgIpc) is 3.38. The highest BCUT2D eigenvalue weighted by atomic mass is 31.2. The first-order chi connectivity index (χ1) is 19.4. The number of carboxylic acids is 1. The molecule has 0 spiro atoms. The molecule has 0 aromatic heterocycles. The van der Waals surface area contributed by atoms with Crippen molar-refractivity contribution in [3.8, 4) is 5.75 Å². The number of rotatable bonds is 14. The number of benzene rings is 2. The summed E-state index contributed by atoms with van der Waals surface area (Å²) in [7, 11) is -4.74. The highest BCUT2D eigenvalue weighted by molar-refractivity contribution is 7.46. The van der Waals surface area contributed by atoms with Crippen LogP contribution in [0.15, 0.2) is 54.6 Å². The van der Waals surface area contributed by atoms with Crippen molar-refractivity contribution in [3.63, 3.8) is 0 Å². The monoisotopic (exact) mass is 589 g/mol. The highest BCUT2D eigenvalue weighted by Gasteiger charge is 2.35. The van der Waals surface area contributed by atoms with E-state index in [0.29, 0.717) is 12.1 Å². The summed E-state index contributed by atoms with van der Waals surface area (Å²) in [5, 5.41) is 14.5. The molecule has 3 amide bonds. The Balaban J connectivity index is 1.71. The summed E-state index contributed by atoms with van der Waals surface area (Å²) in [4.78, 5) is 69.8. The summed E-state index contributed by atoms with van der Waals surface area (Å²) in [6.45, 7) is 1.75. The molecule has 0 saturated carbocycles. The molecule has 41 heavy (non-hydrogen) atoms. The normalized spacial score (nSPS) is 16.5. The third-order valence-electron chi connectivity index (χ3n) is 6.81. The van der Waals surface area contributed by atoms with E-state index in [4.69, 9.17) is 9.79 Å². The summed E-state index contributed by atoms with van der Waals surface area (Å²) in [5.74, 6) is -2.67. The number of aliphatic carboxylic acids is 1. The molecule has 2 aromatic rings. The van der Waals surface area contributed by atoms with Gasteiger partial charge >= 0.3 is 13.8 Å². The van der Waals surface area contributed by atoms with E-state index in [2.05, 4.69) is 15.2 Å². The Morgan fingerprint density at radius 3 is 2.29 bits per heavy atom. The van der Waals surface area contributed by atoms with Gasteiger partial charge in [-0.1, -0.05) is 42.5 Å². The van der Waals surface area contributed by atoms with Crippen molar-refractivity contribution in [2.24, 2.45) is 0 Å². The number of phosphoric ester groups is 1. The number of amides is 3. The van der Waals surface area contributed by atoms with Crippen molar-refractivity contribution in [1.29, 1.82) is 0 Å². The van der Waals surface area contributed by atoms with Crippen LogP contribution in [0.2, 0.25) is 0 Å². The molecule has 12 nitrogen and oxygen atoms in total. The number of aryl methyl sites for hydroxylation is 1. The fourth-order valence-corrected chi connectivity index (χ4v) is 5.31. The number of nitrogens with one attached hydrogen (secondary N) is 2. The lowest BCUT2D eigenvalue weighted by molar-refractivity contribution is -0.140. The molecule has 0 radical (unpaired) electrons. The van der Waals surface area contributed by atoms with Crippen molar-refractivity contribution in [2.75, 3.05) is 6.54 Å². The van der Waals surface area contributed by atoms with E-state index in [0.717, 1.165) is 31.2 Å². The van der Waals surface area contributed by atoms with Gasteiger partial charge in [-0.05, 0) is 55.4 Å². The van der Waals surface area contributed by atoms with Crippen LogP contribution in [0, 0.1) is 0 Å². The molecule has 3 atom stereocenters. The molecule has 0 aliphatic carbocycles.